The number of hydrogen-bond acceptors (Lipinski definition) is 3. The van der Waals surface area contributed by atoms with Crippen molar-refractivity contribution in [3.05, 3.63) is 51.7 Å². The van der Waals surface area contributed by atoms with E-state index >= 15 is 0 Å². The minimum absolute atomic E-state index is 0.0126. The van der Waals surface area contributed by atoms with Crippen LogP contribution >= 0.6 is 15.9 Å². The Bertz CT molecular complexity index is 807. The van der Waals surface area contributed by atoms with Crippen molar-refractivity contribution in [2.45, 2.75) is 18.7 Å². The molecule has 4 nitrogen and oxygen atoms in total. The first-order valence-electron chi connectivity index (χ1n) is 6.06. The van der Waals surface area contributed by atoms with Crippen molar-refractivity contribution in [3.63, 3.8) is 0 Å². The first-order valence-corrected chi connectivity index (χ1v) is 8.33. The highest BCUT2D eigenvalue weighted by atomic mass is 79.9. The molecule has 0 heterocycles. The molecular weight excluding hydrogens is 359 g/mol. The summed E-state index contributed by atoms with van der Waals surface area (Å²) in [5.41, 5.74) is 7.39. The van der Waals surface area contributed by atoms with Gasteiger partial charge in [-0.3, -0.25) is 4.72 Å². The summed E-state index contributed by atoms with van der Waals surface area (Å²) in [6, 6.07) is 7.19. The summed E-state index contributed by atoms with van der Waals surface area (Å²) >= 11 is 3.18. The van der Waals surface area contributed by atoms with Gasteiger partial charge >= 0.3 is 0 Å². The number of halogens is 2. The first kappa shape index (κ1) is 15.8. The molecular formula is C14H14BrFN2O2S. The largest absolute Gasteiger partial charge is 0.397 e. The standard InChI is InChI=1S/C14H14BrFN2O2S/c1-8-3-4-9(2)14(13(8)17)21(19,20)18-12-7-10(16)5-6-11(12)15/h3-7,18H,17H2,1-2H3. The molecule has 21 heavy (non-hydrogen) atoms. The van der Waals surface area contributed by atoms with E-state index in [0.29, 0.717) is 15.6 Å². The minimum Gasteiger partial charge on any atom is -0.397 e. The van der Waals surface area contributed by atoms with Crippen LogP contribution in [0.5, 0.6) is 0 Å². The van der Waals surface area contributed by atoms with Crippen molar-refractivity contribution in [2.75, 3.05) is 10.5 Å². The highest BCUT2D eigenvalue weighted by molar-refractivity contribution is 9.10. The minimum atomic E-state index is -3.91. The third-order valence-electron chi connectivity index (χ3n) is 3.05. The van der Waals surface area contributed by atoms with Gasteiger partial charge < -0.3 is 5.73 Å². The SMILES string of the molecule is Cc1ccc(C)c(S(=O)(=O)Nc2cc(F)ccc2Br)c1N. The van der Waals surface area contributed by atoms with Crippen LogP contribution in [0.3, 0.4) is 0 Å². The number of rotatable bonds is 3. The lowest BCUT2D eigenvalue weighted by atomic mass is 10.1. The van der Waals surface area contributed by atoms with Crippen molar-refractivity contribution in [1.29, 1.82) is 0 Å². The Kier molecular flexibility index (Phi) is 4.25. The topological polar surface area (TPSA) is 72.2 Å². The average Bonchev–Trinajstić information content (AvgIpc) is 2.38. The van der Waals surface area contributed by atoms with E-state index in [9.17, 15) is 12.8 Å². The zero-order chi connectivity index (χ0) is 15.8. The molecule has 112 valence electrons. The van der Waals surface area contributed by atoms with Gasteiger partial charge in [-0.25, -0.2) is 12.8 Å². The lowest BCUT2D eigenvalue weighted by Crippen LogP contribution is -2.17. The Hall–Kier alpha value is -1.60. The van der Waals surface area contributed by atoms with Crippen LogP contribution in [0.4, 0.5) is 15.8 Å². The summed E-state index contributed by atoms with van der Waals surface area (Å²) < 4.78 is 41.1. The molecule has 7 heteroatoms. The lowest BCUT2D eigenvalue weighted by Gasteiger charge is -2.15. The fraction of sp³-hybridized carbons (Fsp3) is 0.143. The smallest absolute Gasteiger partial charge is 0.264 e. The van der Waals surface area contributed by atoms with Crippen LogP contribution in [0.1, 0.15) is 11.1 Å². The van der Waals surface area contributed by atoms with Crippen LogP contribution < -0.4 is 10.5 Å². The van der Waals surface area contributed by atoms with Gasteiger partial charge in [0.25, 0.3) is 10.0 Å². The van der Waals surface area contributed by atoms with Gasteiger partial charge in [0.2, 0.25) is 0 Å². The van der Waals surface area contributed by atoms with Gasteiger partial charge in [-0.1, -0.05) is 12.1 Å². The van der Waals surface area contributed by atoms with Gasteiger partial charge in [-0.15, -0.1) is 0 Å². The maximum Gasteiger partial charge on any atom is 0.264 e. The second kappa shape index (κ2) is 5.65. The van der Waals surface area contributed by atoms with Crippen LogP contribution in [0, 0.1) is 19.7 Å². The molecule has 0 fully saturated rings. The van der Waals surface area contributed by atoms with Crippen molar-refractivity contribution in [1.82, 2.24) is 0 Å². The number of benzene rings is 2. The summed E-state index contributed by atoms with van der Waals surface area (Å²) in [4.78, 5) is 0.0126. The number of nitrogens with two attached hydrogens (primary N) is 1. The predicted octanol–water partition coefficient (Wildman–Crippen LogP) is 3.59. The molecule has 0 bridgehead atoms. The Morgan fingerprint density at radius 2 is 1.76 bits per heavy atom. The molecule has 0 radical (unpaired) electrons. The molecule has 0 aliphatic rings. The molecule has 0 aliphatic heterocycles. The number of nitrogen functional groups attached to an aromatic ring is 1. The van der Waals surface area contributed by atoms with E-state index in [4.69, 9.17) is 5.73 Å². The van der Waals surface area contributed by atoms with Crippen LogP contribution in [0.15, 0.2) is 39.7 Å². The Balaban J connectivity index is 2.54. The van der Waals surface area contributed by atoms with Crippen LogP contribution in [-0.4, -0.2) is 8.42 Å². The highest BCUT2D eigenvalue weighted by Crippen LogP contribution is 2.30. The molecule has 0 unspecified atom stereocenters. The summed E-state index contributed by atoms with van der Waals surface area (Å²) in [7, 11) is -3.91. The first-order chi connectivity index (χ1) is 9.72. The third-order valence-corrected chi connectivity index (χ3v) is 5.31. The molecule has 0 aromatic heterocycles. The fourth-order valence-corrected chi connectivity index (χ4v) is 3.92. The van der Waals surface area contributed by atoms with E-state index in [1.165, 1.54) is 12.1 Å². The van der Waals surface area contributed by atoms with E-state index in [2.05, 4.69) is 20.7 Å². The van der Waals surface area contributed by atoms with Crippen LogP contribution in [0.25, 0.3) is 0 Å². The average molecular weight is 373 g/mol. The molecule has 0 saturated carbocycles. The second-order valence-corrected chi connectivity index (χ2v) is 7.15. The number of nitrogens with one attached hydrogen (secondary N) is 1. The normalized spacial score (nSPS) is 11.4. The molecule has 0 saturated heterocycles. The quantitative estimate of drug-likeness (QED) is 0.808. The van der Waals surface area contributed by atoms with Crippen molar-refractivity contribution < 1.29 is 12.8 Å². The van der Waals surface area contributed by atoms with Crippen molar-refractivity contribution in [3.8, 4) is 0 Å². The highest BCUT2D eigenvalue weighted by Gasteiger charge is 2.22. The molecule has 0 amide bonds. The number of sulfonamides is 1. The van der Waals surface area contributed by atoms with Crippen molar-refractivity contribution in [2.24, 2.45) is 0 Å². The molecule has 2 rings (SSSR count). The summed E-state index contributed by atoms with van der Waals surface area (Å²) in [5.74, 6) is -0.537. The predicted molar refractivity (Wildman–Crippen MR) is 85.2 cm³/mol. The van der Waals surface area contributed by atoms with E-state index < -0.39 is 15.8 Å². The maximum absolute atomic E-state index is 13.3. The number of hydrogen-bond donors (Lipinski definition) is 2. The summed E-state index contributed by atoms with van der Waals surface area (Å²) in [6.07, 6.45) is 0. The van der Waals surface area contributed by atoms with Crippen molar-refractivity contribution >= 4 is 37.3 Å². The molecule has 0 spiro atoms. The Labute approximate surface area is 131 Å². The monoisotopic (exact) mass is 372 g/mol. The molecule has 3 N–H and O–H groups in total. The van der Waals surface area contributed by atoms with E-state index in [-0.39, 0.29) is 16.3 Å². The zero-order valence-electron chi connectivity index (χ0n) is 11.4. The Morgan fingerprint density at radius 1 is 1.14 bits per heavy atom. The third kappa shape index (κ3) is 3.19. The lowest BCUT2D eigenvalue weighted by molar-refractivity contribution is 0.600. The van der Waals surface area contributed by atoms with Gasteiger partial charge in [-0.2, -0.15) is 0 Å². The van der Waals surface area contributed by atoms with E-state index in [1.807, 2.05) is 0 Å². The maximum atomic E-state index is 13.3. The molecule has 2 aromatic rings. The van der Waals surface area contributed by atoms with E-state index in [1.54, 1.807) is 26.0 Å². The van der Waals surface area contributed by atoms with Gasteiger partial charge in [0.15, 0.2) is 0 Å². The van der Waals surface area contributed by atoms with Gasteiger partial charge in [0, 0.05) is 4.47 Å². The Morgan fingerprint density at radius 3 is 2.43 bits per heavy atom. The van der Waals surface area contributed by atoms with Gasteiger partial charge in [0.05, 0.1) is 11.4 Å². The molecule has 0 atom stereocenters. The zero-order valence-corrected chi connectivity index (χ0v) is 13.8. The van der Waals surface area contributed by atoms with Gasteiger partial charge in [0.1, 0.15) is 10.7 Å². The molecule has 2 aromatic carbocycles. The van der Waals surface area contributed by atoms with Crippen LogP contribution in [0.2, 0.25) is 0 Å². The summed E-state index contributed by atoms with van der Waals surface area (Å²) in [5, 5.41) is 0. The second-order valence-electron chi connectivity index (χ2n) is 4.67. The fourth-order valence-electron chi connectivity index (χ4n) is 1.94. The number of anilines is 2. The summed E-state index contributed by atoms with van der Waals surface area (Å²) in [6.45, 7) is 3.39. The number of aryl methyl sites for hydroxylation is 2. The van der Waals surface area contributed by atoms with Crippen LogP contribution in [-0.2, 0) is 10.0 Å². The van der Waals surface area contributed by atoms with E-state index in [0.717, 1.165) is 6.07 Å². The van der Waals surface area contributed by atoms with Gasteiger partial charge in [-0.05, 0) is 59.1 Å². The molecule has 0 aliphatic carbocycles.